The second-order valence-electron chi connectivity index (χ2n) is 3.04. The molecule has 0 aliphatic rings. The maximum Gasteiger partial charge on any atom is 0.139 e. The van der Waals surface area contributed by atoms with Crippen LogP contribution in [0, 0.1) is 0 Å². The Balaban J connectivity index is 2.57. The standard InChI is InChI=1S/C10H15BrN2O/c1-3-9(6-12-2)14-10-4-8(11)5-13-7-10/h4-5,7,9,12H,3,6H2,1-2H3. The molecule has 3 nitrogen and oxygen atoms in total. The fourth-order valence-electron chi connectivity index (χ4n) is 1.15. The van der Waals surface area contributed by atoms with E-state index in [0.717, 1.165) is 23.2 Å². The molecule has 0 spiro atoms. The van der Waals surface area contributed by atoms with Gasteiger partial charge in [0.05, 0.1) is 6.20 Å². The third-order valence-corrected chi connectivity index (χ3v) is 2.30. The van der Waals surface area contributed by atoms with E-state index in [0.29, 0.717) is 0 Å². The molecule has 0 aliphatic carbocycles. The highest BCUT2D eigenvalue weighted by Gasteiger charge is 2.06. The number of nitrogens with zero attached hydrogens (tertiary/aromatic N) is 1. The van der Waals surface area contributed by atoms with Crippen LogP contribution in [0.3, 0.4) is 0 Å². The molecule has 1 N–H and O–H groups in total. The molecule has 1 unspecified atom stereocenters. The van der Waals surface area contributed by atoms with Crippen LogP contribution in [0.5, 0.6) is 5.75 Å². The lowest BCUT2D eigenvalue weighted by Gasteiger charge is -2.16. The second kappa shape index (κ2) is 5.98. The van der Waals surface area contributed by atoms with Crippen LogP contribution < -0.4 is 10.1 Å². The van der Waals surface area contributed by atoms with Crippen LogP contribution in [0.2, 0.25) is 0 Å². The number of rotatable bonds is 5. The maximum atomic E-state index is 5.73. The minimum absolute atomic E-state index is 0.205. The van der Waals surface area contributed by atoms with Crippen molar-refractivity contribution in [1.29, 1.82) is 0 Å². The van der Waals surface area contributed by atoms with Crippen molar-refractivity contribution in [2.45, 2.75) is 19.4 Å². The molecular weight excluding hydrogens is 244 g/mol. The van der Waals surface area contributed by atoms with Crippen molar-refractivity contribution in [2.75, 3.05) is 13.6 Å². The van der Waals surface area contributed by atoms with Gasteiger partial charge in [0.2, 0.25) is 0 Å². The van der Waals surface area contributed by atoms with Crippen LogP contribution in [-0.4, -0.2) is 24.7 Å². The van der Waals surface area contributed by atoms with Gasteiger partial charge in [0.1, 0.15) is 11.9 Å². The predicted molar refractivity (Wildman–Crippen MR) is 60.6 cm³/mol. The lowest BCUT2D eigenvalue weighted by molar-refractivity contribution is 0.195. The molecular formula is C10H15BrN2O. The van der Waals surface area contributed by atoms with Gasteiger partial charge in [-0.05, 0) is 35.5 Å². The first-order valence-electron chi connectivity index (χ1n) is 4.68. The molecule has 0 saturated carbocycles. The molecule has 0 bridgehead atoms. The molecule has 0 aliphatic heterocycles. The third kappa shape index (κ3) is 3.64. The average Bonchev–Trinajstić information content (AvgIpc) is 2.17. The molecule has 0 fully saturated rings. The molecule has 14 heavy (non-hydrogen) atoms. The Kier molecular flexibility index (Phi) is 4.90. The lowest BCUT2D eigenvalue weighted by Crippen LogP contribution is -2.28. The van der Waals surface area contributed by atoms with Gasteiger partial charge in [0, 0.05) is 17.2 Å². The molecule has 0 radical (unpaired) electrons. The molecule has 0 aromatic carbocycles. The molecule has 78 valence electrons. The van der Waals surface area contributed by atoms with E-state index in [-0.39, 0.29) is 6.10 Å². The Labute approximate surface area is 93.0 Å². The summed E-state index contributed by atoms with van der Waals surface area (Å²) in [4.78, 5) is 4.04. The zero-order chi connectivity index (χ0) is 10.4. The minimum Gasteiger partial charge on any atom is -0.487 e. The number of ether oxygens (including phenoxy) is 1. The topological polar surface area (TPSA) is 34.1 Å². The fourth-order valence-corrected chi connectivity index (χ4v) is 1.49. The molecule has 4 heteroatoms. The van der Waals surface area contributed by atoms with E-state index in [1.807, 2.05) is 13.1 Å². The summed E-state index contributed by atoms with van der Waals surface area (Å²) in [5.74, 6) is 0.807. The number of halogens is 1. The van der Waals surface area contributed by atoms with Crippen molar-refractivity contribution >= 4 is 15.9 Å². The highest BCUT2D eigenvalue weighted by atomic mass is 79.9. The first-order chi connectivity index (χ1) is 6.76. The second-order valence-corrected chi connectivity index (χ2v) is 3.96. The van der Waals surface area contributed by atoms with Crippen molar-refractivity contribution in [3.8, 4) is 5.75 Å². The Hall–Kier alpha value is -0.610. The largest absolute Gasteiger partial charge is 0.487 e. The van der Waals surface area contributed by atoms with Gasteiger partial charge < -0.3 is 10.1 Å². The van der Waals surface area contributed by atoms with Crippen molar-refractivity contribution in [1.82, 2.24) is 10.3 Å². The highest BCUT2D eigenvalue weighted by Crippen LogP contribution is 2.17. The average molecular weight is 259 g/mol. The van der Waals surface area contributed by atoms with Crippen LogP contribution in [-0.2, 0) is 0 Å². The molecule has 0 saturated heterocycles. The molecule has 1 heterocycles. The number of nitrogens with one attached hydrogen (secondary N) is 1. The molecule has 1 aromatic heterocycles. The molecule has 1 atom stereocenters. The van der Waals surface area contributed by atoms with Crippen molar-refractivity contribution in [2.24, 2.45) is 0 Å². The molecule has 1 rings (SSSR count). The van der Waals surface area contributed by atoms with E-state index in [1.54, 1.807) is 12.4 Å². The summed E-state index contributed by atoms with van der Waals surface area (Å²) in [6.07, 6.45) is 4.65. The van der Waals surface area contributed by atoms with E-state index >= 15 is 0 Å². The van der Waals surface area contributed by atoms with Crippen LogP contribution in [0.15, 0.2) is 22.9 Å². The Bertz CT molecular complexity index is 281. The quantitative estimate of drug-likeness (QED) is 0.880. The number of likely N-dealkylation sites (N-methyl/N-ethyl adjacent to an activating group) is 1. The van der Waals surface area contributed by atoms with Crippen LogP contribution >= 0.6 is 15.9 Å². The van der Waals surface area contributed by atoms with Gasteiger partial charge in [-0.1, -0.05) is 6.92 Å². The maximum absolute atomic E-state index is 5.73. The Morgan fingerprint density at radius 3 is 2.93 bits per heavy atom. The van der Waals surface area contributed by atoms with Gasteiger partial charge in [-0.25, -0.2) is 0 Å². The fraction of sp³-hybridized carbons (Fsp3) is 0.500. The summed E-state index contributed by atoms with van der Waals surface area (Å²) in [5.41, 5.74) is 0. The monoisotopic (exact) mass is 258 g/mol. The van der Waals surface area contributed by atoms with E-state index in [4.69, 9.17) is 4.74 Å². The summed E-state index contributed by atoms with van der Waals surface area (Å²) < 4.78 is 6.67. The first kappa shape index (κ1) is 11.5. The summed E-state index contributed by atoms with van der Waals surface area (Å²) in [5, 5.41) is 3.10. The van der Waals surface area contributed by atoms with Crippen LogP contribution in [0.4, 0.5) is 0 Å². The van der Waals surface area contributed by atoms with E-state index in [9.17, 15) is 0 Å². The van der Waals surface area contributed by atoms with Gasteiger partial charge in [0.25, 0.3) is 0 Å². The van der Waals surface area contributed by atoms with E-state index < -0.39 is 0 Å². The Morgan fingerprint density at radius 2 is 2.36 bits per heavy atom. The molecule has 1 aromatic rings. The summed E-state index contributed by atoms with van der Waals surface area (Å²) in [6.45, 7) is 2.95. The SMILES string of the molecule is CCC(CNC)Oc1cncc(Br)c1. The summed E-state index contributed by atoms with van der Waals surface area (Å²) in [6, 6.07) is 1.92. The number of hydrogen-bond donors (Lipinski definition) is 1. The number of aromatic nitrogens is 1. The smallest absolute Gasteiger partial charge is 0.139 e. The lowest BCUT2D eigenvalue weighted by atomic mass is 10.3. The van der Waals surface area contributed by atoms with E-state index in [2.05, 4.69) is 33.2 Å². The third-order valence-electron chi connectivity index (χ3n) is 1.87. The van der Waals surface area contributed by atoms with Gasteiger partial charge in [-0.2, -0.15) is 0 Å². The van der Waals surface area contributed by atoms with Gasteiger partial charge >= 0.3 is 0 Å². The molecule has 0 amide bonds. The van der Waals surface area contributed by atoms with Crippen LogP contribution in [0.25, 0.3) is 0 Å². The predicted octanol–water partition coefficient (Wildman–Crippen LogP) is 2.22. The Morgan fingerprint density at radius 1 is 1.57 bits per heavy atom. The van der Waals surface area contributed by atoms with Crippen molar-refractivity contribution in [3.63, 3.8) is 0 Å². The van der Waals surface area contributed by atoms with Crippen molar-refractivity contribution in [3.05, 3.63) is 22.9 Å². The van der Waals surface area contributed by atoms with Crippen molar-refractivity contribution < 1.29 is 4.74 Å². The number of pyridine rings is 1. The summed E-state index contributed by atoms with van der Waals surface area (Å²) >= 11 is 3.35. The van der Waals surface area contributed by atoms with Gasteiger partial charge in [-0.3, -0.25) is 4.98 Å². The number of hydrogen-bond acceptors (Lipinski definition) is 3. The summed E-state index contributed by atoms with van der Waals surface area (Å²) in [7, 11) is 1.92. The van der Waals surface area contributed by atoms with Gasteiger partial charge in [0.15, 0.2) is 0 Å². The first-order valence-corrected chi connectivity index (χ1v) is 5.47. The van der Waals surface area contributed by atoms with E-state index in [1.165, 1.54) is 0 Å². The normalized spacial score (nSPS) is 12.5. The zero-order valence-corrected chi connectivity index (χ0v) is 10.0. The highest BCUT2D eigenvalue weighted by molar-refractivity contribution is 9.10. The van der Waals surface area contributed by atoms with Crippen LogP contribution in [0.1, 0.15) is 13.3 Å². The van der Waals surface area contributed by atoms with Gasteiger partial charge in [-0.15, -0.1) is 0 Å². The zero-order valence-electron chi connectivity index (χ0n) is 8.46. The minimum atomic E-state index is 0.205.